The first-order valence-corrected chi connectivity index (χ1v) is 7.31. The van der Waals surface area contributed by atoms with Gasteiger partial charge >= 0.3 is 5.97 Å². The second kappa shape index (κ2) is 9.53. The second-order valence-corrected chi connectivity index (χ2v) is 4.82. The molecule has 0 radical (unpaired) electrons. The molecule has 1 N–H and O–H groups in total. The number of aliphatic carboxylic acids is 1. The van der Waals surface area contributed by atoms with Crippen molar-refractivity contribution in [3.8, 4) is 0 Å². The second-order valence-electron chi connectivity index (χ2n) is 4.82. The number of nitrogens with zero attached hydrogens (tertiary/aromatic N) is 2. The third-order valence-corrected chi connectivity index (χ3v) is 3.67. The van der Waals surface area contributed by atoms with Crippen molar-refractivity contribution in [1.29, 1.82) is 0 Å². The van der Waals surface area contributed by atoms with Crippen LogP contribution in [0.4, 0.5) is 0 Å². The van der Waals surface area contributed by atoms with Gasteiger partial charge in [-0.1, -0.05) is 13.8 Å². The molecule has 0 saturated heterocycles. The van der Waals surface area contributed by atoms with E-state index in [-0.39, 0.29) is 11.5 Å². The summed E-state index contributed by atoms with van der Waals surface area (Å²) in [5.74, 6) is -1.21. The number of carboxylic acids is 1. The Kier molecular flexibility index (Phi) is 8.88. The lowest BCUT2D eigenvalue weighted by Crippen LogP contribution is -2.35. The fraction of sp³-hybridized carbons (Fsp3) is 0.733. The molecule has 5 heteroatoms. The van der Waals surface area contributed by atoms with Crippen LogP contribution in [0.3, 0.4) is 0 Å². The highest BCUT2D eigenvalue weighted by molar-refractivity contribution is 6.01. The van der Waals surface area contributed by atoms with Gasteiger partial charge in [0.25, 0.3) is 0 Å². The molecule has 0 aliphatic rings. The van der Waals surface area contributed by atoms with E-state index in [2.05, 4.69) is 18.7 Å². The fourth-order valence-electron chi connectivity index (χ4n) is 1.99. The standard InChI is InChI=1S/C15H28N2O3/c1-6-16(7-2)10-9-11-17(8-3)14(18)12(4)13(5)15(19)20/h6-11H2,1-5H3,(H,19,20). The van der Waals surface area contributed by atoms with Crippen LogP contribution in [0.15, 0.2) is 11.1 Å². The predicted octanol–water partition coefficient (Wildman–Crippen LogP) is 1.99. The van der Waals surface area contributed by atoms with Crippen LogP contribution in [0.1, 0.15) is 41.0 Å². The number of hydrogen-bond donors (Lipinski definition) is 1. The molecule has 116 valence electrons. The summed E-state index contributed by atoms with van der Waals surface area (Å²) in [7, 11) is 0. The monoisotopic (exact) mass is 284 g/mol. The quantitative estimate of drug-likeness (QED) is 0.658. The van der Waals surface area contributed by atoms with E-state index >= 15 is 0 Å². The molecule has 0 heterocycles. The summed E-state index contributed by atoms with van der Waals surface area (Å²) in [5.41, 5.74) is 0.444. The van der Waals surface area contributed by atoms with Gasteiger partial charge in [-0.3, -0.25) is 4.79 Å². The van der Waals surface area contributed by atoms with E-state index in [1.165, 1.54) is 6.92 Å². The van der Waals surface area contributed by atoms with Crippen molar-refractivity contribution >= 4 is 11.9 Å². The molecule has 20 heavy (non-hydrogen) atoms. The summed E-state index contributed by atoms with van der Waals surface area (Å²) >= 11 is 0. The van der Waals surface area contributed by atoms with Crippen LogP contribution in [0.2, 0.25) is 0 Å². The van der Waals surface area contributed by atoms with Crippen LogP contribution in [0, 0.1) is 0 Å². The van der Waals surface area contributed by atoms with Gasteiger partial charge in [-0.15, -0.1) is 0 Å². The average molecular weight is 284 g/mol. The Hall–Kier alpha value is -1.36. The maximum Gasteiger partial charge on any atom is 0.331 e. The molecule has 0 aromatic carbocycles. The van der Waals surface area contributed by atoms with E-state index in [1.54, 1.807) is 11.8 Å². The third kappa shape index (κ3) is 5.74. The van der Waals surface area contributed by atoms with Gasteiger partial charge in [0, 0.05) is 24.2 Å². The minimum atomic E-state index is -1.03. The largest absolute Gasteiger partial charge is 0.478 e. The normalized spacial score (nSPS) is 12.3. The molecule has 0 saturated carbocycles. The zero-order chi connectivity index (χ0) is 15.7. The van der Waals surface area contributed by atoms with E-state index in [4.69, 9.17) is 5.11 Å². The van der Waals surface area contributed by atoms with Crippen molar-refractivity contribution in [3.63, 3.8) is 0 Å². The molecule has 0 fully saturated rings. The van der Waals surface area contributed by atoms with Crippen molar-refractivity contribution in [2.75, 3.05) is 32.7 Å². The lowest BCUT2D eigenvalue weighted by Gasteiger charge is -2.24. The number of rotatable bonds is 9. The van der Waals surface area contributed by atoms with Gasteiger partial charge in [-0.05, 0) is 46.8 Å². The number of carboxylic acid groups (broad SMARTS) is 1. The molecule has 0 aromatic heterocycles. The summed E-state index contributed by atoms with van der Waals surface area (Å²) in [6, 6.07) is 0. The van der Waals surface area contributed by atoms with E-state index in [0.29, 0.717) is 18.7 Å². The maximum atomic E-state index is 12.2. The smallest absolute Gasteiger partial charge is 0.331 e. The Labute approximate surface area is 122 Å². The number of amides is 1. The minimum absolute atomic E-state index is 0.122. The number of carbonyl (C=O) groups excluding carboxylic acids is 1. The van der Waals surface area contributed by atoms with E-state index in [1.807, 2.05) is 6.92 Å². The molecule has 1 amide bonds. The molecule has 0 aliphatic carbocycles. The van der Waals surface area contributed by atoms with Gasteiger partial charge in [-0.25, -0.2) is 4.79 Å². The maximum absolute atomic E-state index is 12.2. The molecule has 0 aromatic rings. The van der Waals surface area contributed by atoms with E-state index in [9.17, 15) is 9.59 Å². The van der Waals surface area contributed by atoms with Gasteiger partial charge in [-0.2, -0.15) is 0 Å². The van der Waals surface area contributed by atoms with Crippen molar-refractivity contribution < 1.29 is 14.7 Å². The summed E-state index contributed by atoms with van der Waals surface area (Å²) in [5, 5.41) is 8.93. The fourth-order valence-corrected chi connectivity index (χ4v) is 1.99. The Morgan fingerprint density at radius 3 is 1.85 bits per heavy atom. The summed E-state index contributed by atoms with van der Waals surface area (Å²) < 4.78 is 0. The van der Waals surface area contributed by atoms with Crippen LogP contribution in [-0.2, 0) is 9.59 Å². The highest BCUT2D eigenvalue weighted by atomic mass is 16.4. The molecule has 0 aliphatic heterocycles. The topological polar surface area (TPSA) is 60.9 Å². The van der Waals surface area contributed by atoms with Crippen LogP contribution in [0.5, 0.6) is 0 Å². The molecular weight excluding hydrogens is 256 g/mol. The highest BCUT2D eigenvalue weighted by Crippen LogP contribution is 2.09. The zero-order valence-corrected chi connectivity index (χ0v) is 13.4. The molecule has 0 unspecified atom stereocenters. The van der Waals surface area contributed by atoms with E-state index in [0.717, 1.165) is 26.1 Å². The number of likely N-dealkylation sites (N-methyl/N-ethyl adjacent to an activating group) is 1. The van der Waals surface area contributed by atoms with Crippen molar-refractivity contribution in [2.45, 2.75) is 41.0 Å². The first kappa shape index (κ1) is 18.6. The van der Waals surface area contributed by atoms with Gasteiger partial charge < -0.3 is 14.9 Å². The van der Waals surface area contributed by atoms with Crippen molar-refractivity contribution in [2.24, 2.45) is 0 Å². The summed E-state index contributed by atoms with van der Waals surface area (Å²) in [6.45, 7) is 13.4. The Morgan fingerprint density at radius 1 is 0.900 bits per heavy atom. The molecule has 0 spiro atoms. The predicted molar refractivity (Wildman–Crippen MR) is 80.7 cm³/mol. The minimum Gasteiger partial charge on any atom is -0.478 e. The van der Waals surface area contributed by atoms with Gasteiger partial charge in [0.1, 0.15) is 0 Å². The van der Waals surface area contributed by atoms with Crippen molar-refractivity contribution in [1.82, 2.24) is 9.80 Å². The van der Waals surface area contributed by atoms with Crippen LogP contribution in [0.25, 0.3) is 0 Å². The first-order chi connectivity index (χ1) is 9.38. The Morgan fingerprint density at radius 2 is 1.45 bits per heavy atom. The zero-order valence-electron chi connectivity index (χ0n) is 13.4. The molecule has 0 rings (SSSR count). The third-order valence-electron chi connectivity index (χ3n) is 3.67. The molecule has 0 atom stereocenters. The Balaban J connectivity index is 4.57. The molecule has 0 bridgehead atoms. The lowest BCUT2D eigenvalue weighted by atomic mass is 10.1. The van der Waals surface area contributed by atoms with Gasteiger partial charge in [0.15, 0.2) is 0 Å². The number of carbonyl (C=O) groups is 2. The average Bonchev–Trinajstić information content (AvgIpc) is 2.45. The number of hydrogen-bond acceptors (Lipinski definition) is 3. The summed E-state index contributed by atoms with van der Waals surface area (Å²) in [4.78, 5) is 27.2. The lowest BCUT2D eigenvalue weighted by molar-refractivity contribution is -0.133. The first-order valence-electron chi connectivity index (χ1n) is 7.31. The highest BCUT2D eigenvalue weighted by Gasteiger charge is 2.18. The summed E-state index contributed by atoms with van der Waals surface area (Å²) in [6.07, 6.45) is 0.903. The van der Waals surface area contributed by atoms with Gasteiger partial charge in [0.2, 0.25) is 5.91 Å². The SMILES string of the molecule is CCN(CC)CCCN(CC)C(=O)C(C)=C(C)C(=O)O. The van der Waals surface area contributed by atoms with Crippen LogP contribution >= 0.6 is 0 Å². The Bertz CT molecular complexity index is 360. The van der Waals surface area contributed by atoms with Gasteiger partial charge in [0.05, 0.1) is 0 Å². The van der Waals surface area contributed by atoms with E-state index < -0.39 is 5.97 Å². The molecule has 5 nitrogen and oxygen atoms in total. The van der Waals surface area contributed by atoms with Crippen LogP contribution < -0.4 is 0 Å². The van der Waals surface area contributed by atoms with Crippen molar-refractivity contribution in [3.05, 3.63) is 11.1 Å². The van der Waals surface area contributed by atoms with Crippen LogP contribution in [-0.4, -0.2) is 59.5 Å². The molecular formula is C15H28N2O3.